The van der Waals surface area contributed by atoms with Crippen LogP contribution in [0.2, 0.25) is 0 Å². The molecule has 0 saturated carbocycles. The minimum absolute atomic E-state index is 0.0305. The van der Waals surface area contributed by atoms with E-state index in [1.54, 1.807) is 19.1 Å². The van der Waals surface area contributed by atoms with E-state index in [0.717, 1.165) is 0 Å². The van der Waals surface area contributed by atoms with Gasteiger partial charge in [-0.3, -0.25) is 9.69 Å². The molecule has 5 heteroatoms. The molecule has 1 aromatic rings. The van der Waals surface area contributed by atoms with Crippen LogP contribution >= 0.6 is 0 Å². The van der Waals surface area contributed by atoms with Crippen LogP contribution in [0.15, 0.2) is 30.3 Å². The fourth-order valence-electron chi connectivity index (χ4n) is 1.52. The molecule has 1 amide bonds. The molecule has 1 N–H and O–H groups in total. The summed E-state index contributed by atoms with van der Waals surface area (Å²) in [5.41, 5.74) is 0.710. The maximum Gasteiger partial charge on any atom is 0.414 e. The van der Waals surface area contributed by atoms with Crippen LogP contribution < -0.4 is 4.90 Å². The fourth-order valence-corrected chi connectivity index (χ4v) is 1.52. The number of hydrogen-bond donors (Lipinski definition) is 1. The first-order valence-corrected chi connectivity index (χ1v) is 5.86. The molecule has 0 fully saturated rings. The van der Waals surface area contributed by atoms with Crippen molar-refractivity contribution in [3.63, 3.8) is 0 Å². The number of anilines is 1. The van der Waals surface area contributed by atoms with Crippen LogP contribution in [0.1, 0.15) is 19.8 Å². The number of rotatable bonds is 6. The van der Waals surface area contributed by atoms with Crippen molar-refractivity contribution < 1.29 is 19.4 Å². The average molecular weight is 251 g/mol. The first-order chi connectivity index (χ1) is 8.65. The third-order valence-electron chi connectivity index (χ3n) is 2.33. The van der Waals surface area contributed by atoms with Crippen molar-refractivity contribution in [2.75, 3.05) is 18.1 Å². The van der Waals surface area contributed by atoms with Gasteiger partial charge in [0.1, 0.15) is 0 Å². The lowest BCUT2D eigenvalue weighted by molar-refractivity contribution is -0.137. The van der Waals surface area contributed by atoms with Gasteiger partial charge < -0.3 is 9.84 Å². The summed E-state index contributed by atoms with van der Waals surface area (Å²) in [7, 11) is 0. The molecule has 1 aromatic carbocycles. The summed E-state index contributed by atoms with van der Waals surface area (Å²) >= 11 is 0. The van der Waals surface area contributed by atoms with Gasteiger partial charge in [0.15, 0.2) is 0 Å². The zero-order valence-electron chi connectivity index (χ0n) is 10.3. The van der Waals surface area contributed by atoms with Crippen LogP contribution in [0.3, 0.4) is 0 Å². The van der Waals surface area contributed by atoms with E-state index < -0.39 is 12.1 Å². The van der Waals surface area contributed by atoms with Gasteiger partial charge in [0.05, 0.1) is 6.61 Å². The number of aliphatic carboxylic acids is 1. The molecule has 18 heavy (non-hydrogen) atoms. The van der Waals surface area contributed by atoms with Crippen LogP contribution in [0.4, 0.5) is 10.5 Å². The molecule has 0 heterocycles. The van der Waals surface area contributed by atoms with E-state index in [2.05, 4.69) is 0 Å². The number of para-hydroxylation sites is 1. The Bertz CT molecular complexity index is 391. The summed E-state index contributed by atoms with van der Waals surface area (Å²) in [6.07, 6.45) is -0.0275. The van der Waals surface area contributed by atoms with Gasteiger partial charge in [-0.15, -0.1) is 0 Å². The lowest BCUT2D eigenvalue weighted by Gasteiger charge is -2.21. The van der Waals surface area contributed by atoms with Crippen molar-refractivity contribution in [1.82, 2.24) is 0 Å². The van der Waals surface area contributed by atoms with Crippen LogP contribution in [-0.4, -0.2) is 30.3 Å². The standard InChI is InChI=1S/C13H17NO4/c1-2-18-13(17)14(10-6-9-12(15)16)11-7-4-3-5-8-11/h3-5,7-8H,2,6,9-10H2,1H3,(H,15,16). The highest BCUT2D eigenvalue weighted by Crippen LogP contribution is 2.15. The summed E-state index contributed by atoms with van der Waals surface area (Å²) in [5, 5.41) is 8.60. The van der Waals surface area contributed by atoms with Crippen molar-refractivity contribution in [2.24, 2.45) is 0 Å². The Morgan fingerprint density at radius 2 is 1.94 bits per heavy atom. The quantitative estimate of drug-likeness (QED) is 0.843. The second-order valence-electron chi connectivity index (χ2n) is 3.68. The number of carbonyl (C=O) groups excluding carboxylic acids is 1. The van der Waals surface area contributed by atoms with Crippen LogP contribution in [0.5, 0.6) is 0 Å². The Kier molecular flexibility index (Phi) is 5.70. The second kappa shape index (κ2) is 7.32. The zero-order valence-corrected chi connectivity index (χ0v) is 10.3. The molecular weight excluding hydrogens is 234 g/mol. The second-order valence-corrected chi connectivity index (χ2v) is 3.68. The van der Waals surface area contributed by atoms with Crippen LogP contribution in [-0.2, 0) is 9.53 Å². The third kappa shape index (κ3) is 4.45. The highest BCUT2D eigenvalue weighted by Gasteiger charge is 2.16. The molecule has 0 aliphatic heterocycles. The number of hydrogen-bond acceptors (Lipinski definition) is 3. The average Bonchev–Trinajstić information content (AvgIpc) is 2.35. The molecule has 5 nitrogen and oxygen atoms in total. The molecular formula is C13H17NO4. The summed E-state index contributed by atoms with van der Waals surface area (Å²) in [6.45, 7) is 2.36. The number of nitrogens with zero attached hydrogens (tertiary/aromatic N) is 1. The number of benzene rings is 1. The van der Waals surface area contributed by atoms with Gasteiger partial charge in [-0.1, -0.05) is 18.2 Å². The van der Waals surface area contributed by atoms with Gasteiger partial charge in [0.2, 0.25) is 0 Å². The Hall–Kier alpha value is -2.04. The highest BCUT2D eigenvalue weighted by molar-refractivity contribution is 5.87. The molecule has 1 rings (SSSR count). The van der Waals surface area contributed by atoms with Crippen molar-refractivity contribution in [3.8, 4) is 0 Å². The molecule has 0 unspecified atom stereocenters. The van der Waals surface area contributed by atoms with Gasteiger partial charge in [0.25, 0.3) is 0 Å². The van der Waals surface area contributed by atoms with E-state index in [1.165, 1.54) is 4.90 Å². The fraction of sp³-hybridized carbons (Fsp3) is 0.385. The SMILES string of the molecule is CCOC(=O)N(CCCC(=O)O)c1ccccc1. The number of carboxylic acid groups (broad SMARTS) is 1. The van der Waals surface area contributed by atoms with Gasteiger partial charge >= 0.3 is 12.1 Å². The predicted octanol–water partition coefficient (Wildman–Crippen LogP) is 2.51. The first-order valence-electron chi connectivity index (χ1n) is 5.86. The molecule has 0 radical (unpaired) electrons. The van der Waals surface area contributed by atoms with E-state index in [4.69, 9.17) is 9.84 Å². The van der Waals surface area contributed by atoms with Gasteiger partial charge in [-0.25, -0.2) is 4.79 Å². The zero-order chi connectivity index (χ0) is 13.4. The topological polar surface area (TPSA) is 66.8 Å². The van der Waals surface area contributed by atoms with Gasteiger partial charge in [0, 0.05) is 18.7 Å². The summed E-state index contributed by atoms with van der Waals surface area (Å²) in [4.78, 5) is 23.7. The summed E-state index contributed by atoms with van der Waals surface area (Å²) < 4.78 is 4.96. The lowest BCUT2D eigenvalue weighted by atomic mass is 10.2. The minimum Gasteiger partial charge on any atom is -0.481 e. The monoisotopic (exact) mass is 251 g/mol. The molecule has 0 bridgehead atoms. The highest BCUT2D eigenvalue weighted by atomic mass is 16.6. The summed E-state index contributed by atoms with van der Waals surface area (Å²) in [6, 6.07) is 9.07. The third-order valence-corrected chi connectivity index (χ3v) is 2.33. The number of carboxylic acids is 1. The van der Waals surface area contributed by atoms with E-state index >= 15 is 0 Å². The van der Waals surface area contributed by atoms with Crippen molar-refractivity contribution in [2.45, 2.75) is 19.8 Å². The van der Waals surface area contributed by atoms with Crippen molar-refractivity contribution >= 4 is 17.7 Å². The molecule has 98 valence electrons. The Morgan fingerprint density at radius 1 is 1.28 bits per heavy atom. The molecule has 0 saturated heterocycles. The van der Waals surface area contributed by atoms with E-state index in [0.29, 0.717) is 25.3 Å². The normalized spacial score (nSPS) is 9.83. The Morgan fingerprint density at radius 3 is 2.50 bits per heavy atom. The maximum absolute atomic E-state index is 11.8. The lowest BCUT2D eigenvalue weighted by Crippen LogP contribution is -2.32. The van der Waals surface area contributed by atoms with E-state index in [1.807, 2.05) is 18.2 Å². The summed E-state index contributed by atoms with van der Waals surface area (Å²) in [5.74, 6) is -0.869. The smallest absolute Gasteiger partial charge is 0.414 e. The maximum atomic E-state index is 11.8. The molecule has 0 aliphatic rings. The first kappa shape index (κ1) is 14.0. The van der Waals surface area contributed by atoms with Crippen LogP contribution in [0, 0.1) is 0 Å². The number of carbonyl (C=O) groups is 2. The predicted molar refractivity (Wildman–Crippen MR) is 67.7 cm³/mol. The molecule has 0 spiro atoms. The number of ether oxygens (including phenoxy) is 1. The van der Waals surface area contributed by atoms with Gasteiger partial charge in [-0.05, 0) is 25.5 Å². The van der Waals surface area contributed by atoms with E-state index in [9.17, 15) is 9.59 Å². The van der Waals surface area contributed by atoms with Crippen molar-refractivity contribution in [1.29, 1.82) is 0 Å². The van der Waals surface area contributed by atoms with E-state index in [-0.39, 0.29) is 6.42 Å². The number of amides is 1. The van der Waals surface area contributed by atoms with Gasteiger partial charge in [-0.2, -0.15) is 0 Å². The van der Waals surface area contributed by atoms with Crippen LogP contribution in [0.25, 0.3) is 0 Å². The molecule has 0 aromatic heterocycles. The van der Waals surface area contributed by atoms with Crippen molar-refractivity contribution in [3.05, 3.63) is 30.3 Å². The Balaban J connectivity index is 2.69. The molecule has 0 aliphatic carbocycles. The molecule has 0 atom stereocenters. The largest absolute Gasteiger partial charge is 0.481 e. The Labute approximate surface area is 106 Å². The minimum atomic E-state index is -0.869.